The summed E-state index contributed by atoms with van der Waals surface area (Å²) in [6.45, 7) is 5.43. The average molecular weight is 406 g/mol. The SMILES string of the molecule is COc1ccc(-n2cnc3cnc(Cc4cnn(C(=O)OC(C)(C)C)c4)nc32)cc1. The van der Waals surface area contributed by atoms with E-state index < -0.39 is 11.7 Å². The molecule has 30 heavy (non-hydrogen) atoms. The van der Waals surface area contributed by atoms with Gasteiger partial charge in [0.25, 0.3) is 0 Å². The van der Waals surface area contributed by atoms with Crippen LogP contribution < -0.4 is 4.74 Å². The molecule has 3 aromatic heterocycles. The van der Waals surface area contributed by atoms with Crippen LogP contribution in [-0.2, 0) is 11.2 Å². The standard InChI is InChI=1S/C21H22N6O3/c1-21(2,3)30-20(28)27-12-14(10-24-27)9-18-22-11-17-19(25-18)26(13-23-17)15-5-7-16(29-4)8-6-15/h5-8,10-13H,9H2,1-4H3. The van der Waals surface area contributed by atoms with Crippen LogP contribution in [0.2, 0.25) is 0 Å². The molecule has 9 heteroatoms. The Kier molecular flexibility index (Phi) is 4.94. The van der Waals surface area contributed by atoms with Crippen molar-refractivity contribution in [1.82, 2.24) is 29.3 Å². The number of methoxy groups -OCH3 is 1. The van der Waals surface area contributed by atoms with E-state index in [0.717, 1.165) is 17.0 Å². The van der Waals surface area contributed by atoms with E-state index in [9.17, 15) is 4.79 Å². The number of fused-ring (bicyclic) bond motifs is 1. The molecule has 0 saturated heterocycles. The van der Waals surface area contributed by atoms with Crippen molar-refractivity contribution < 1.29 is 14.3 Å². The van der Waals surface area contributed by atoms with Crippen LogP contribution in [0.15, 0.2) is 49.2 Å². The number of carbonyl (C=O) groups excluding carboxylic acids is 1. The first-order valence-corrected chi connectivity index (χ1v) is 9.43. The fourth-order valence-electron chi connectivity index (χ4n) is 2.90. The third kappa shape index (κ3) is 4.14. The fraction of sp³-hybridized carbons (Fsp3) is 0.286. The van der Waals surface area contributed by atoms with E-state index in [1.807, 2.05) is 49.6 Å². The summed E-state index contributed by atoms with van der Waals surface area (Å²) in [6.07, 6.45) is 6.54. The van der Waals surface area contributed by atoms with Crippen molar-refractivity contribution in [3.05, 3.63) is 60.6 Å². The number of benzene rings is 1. The maximum absolute atomic E-state index is 12.1. The first-order valence-electron chi connectivity index (χ1n) is 9.43. The Hall–Kier alpha value is -3.75. The highest BCUT2D eigenvalue weighted by molar-refractivity contribution is 5.72. The fourth-order valence-corrected chi connectivity index (χ4v) is 2.90. The lowest BCUT2D eigenvalue weighted by Gasteiger charge is -2.18. The van der Waals surface area contributed by atoms with Gasteiger partial charge in [-0.1, -0.05) is 0 Å². The molecule has 0 amide bonds. The predicted octanol–water partition coefficient (Wildman–Crippen LogP) is 3.39. The van der Waals surface area contributed by atoms with Gasteiger partial charge in [0.2, 0.25) is 0 Å². The van der Waals surface area contributed by atoms with Crippen LogP contribution in [0.25, 0.3) is 16.9 Å². The molecule has 0 bridgehead atoms. The smallest absolute Gasteiger partial charge is 0.435 e. The second-order valence-electron chi connectivity index (χ2n) is 7.76. The predicted molar refractivity (Wildman–Crippen MR) is 110 cm³/mol. The van der Waals surface area contributed by atoms with Gasteiger partial charge in [-0.2, -0.15) is 9.78 Å². The number of imidazole rings is 1. The van der Waals surface area contributed by atoms with Crippen LogP contribution >= 0.6 is 0 Å². The van der Waals surface area contributed by atoms with E-state index >= 15 is 0 Å². The molecule has 0 unspecified atom stereocenters. The van der Waals surface area contributed by atoms with Crippen LogP contribution in [0.4, 0.5) is 4.79 Å². The van der Waals surface area contributed by atoms with Gasteiger partial charge in [-0.15, -0.1) is 0 Å². The molecule has 0 fully saturated rings. The van der Waals surface area contributed by atoms with Crippen molar-refractivity contribution in [3.8, 4) is 11.4 Å². The van der Waals surface area contributed by atoms with Crippen molar-refractivity contribution in [2.24, 2.45) is 0 Å². The van der Waals surface area contributed by atoms with Gasteiger partial charge in [-0.3, -0.25) is 4.57 Å². The first kappa shape index (κ1) is 19.6. The first-order chi connectivity index (χ1) is 14.3. The molecule has 9 nitrogen and oxygen atoms in total. The summed E-state index contributed by atoms with van der Waals surface area (Å²) in [5.74, 6) is 1.38. The van der Waals surface area contributed by atoms with Crippen LogP contribution in [0.3, 0.4) is 0 Å². The normalized spacial score (nSPS) is 11.6. The summed E-state index contributed by atoms with van der Waals surface area (Å²) in [4.78, 5) is 25.6. The minimum Gasteiger partial charge on any atom is -0.497 e. The number of carbonyl (C=O) groups is 1. The highest BCUT2D eigenvalue weighted by atomic mass is 16.6. The van der Waals surface area contributed by atoms with Crippen LogP contribution in [-0.4, -0.2) is 48.1 Å². The summed E-state index contributed by atoms with van der Waals surface area (Å²) in [6, 6.07) is 7.64. The van der Waals surface area contributed by atoms with E-state index in [1.165, 1.54) is 4.68 Å². The van der Waals surface area contributed by atoms with Gasteiger partial charge < -0.3 is 9.47 Å². The molecule has 1 aromatic carbocycles. The number of rotatable bonds is 4. The Morgan fingerprint density at radius 3 is 2.57 bits per heavy atom. The Morgan fingerprint density at radius 2 is 1.87 bits per heavy atom. The summed E-state index contributed by atoms with van der Waals surface area (Å²) in [5, 5.41) is 4.09. The second-order valence-corrected chi connectivity index (χ2v) is 7.76. The molecular formula is C21H22N6O3. The van der Waals surface area contributed by atoms with Crippen LogP contribution in [0.5, 0.6) is 5.75 Å². The molecule has 0 saturated carbocycles. The van der Waals surface area contributed by atoms with Crippen molar-refractivity contribution >= 4 is 17.3 Å². The monoisotopic (exact) mass is 406 g/mol. The zero-order valence-electron chi connectivity index (χ0n) is 17.2. The quantitative estimate of drug-likeness (QED) is 0.512. The van der Waals surface area contributed by atoms with E-state index in [1.54, 1.807) is 32.0 Å². The molecule has 154 valence electrons. The molecule has 0 atom stereocenters. The largest absolute Gasteiger partial charge is 0.497 e. The highest BCUT2D eigenvalue weighted by Crippen LogP contribution is 2.19. The van der Waals surface area contributed by atoms with Crippen molar-refractivity contribution in [2.75, 3.05) is 7.11 Å². The van der Waals surface area contributed by atoms with E-state index in [-0.39, 0.29) is 0 Å². The molecule has 0 aliphatic carbocycles. The van der Waals surface area contributed by atoms with Gasteiger partial charge >= 0.3 is 6.09 Å². The molecule has 0 N–H and O–H groups in total. The lowest BCUT2D eigenvalue weighted by atomic mass is 10.2. The maximum Gasteiger partial charge on any atom is 0.435 e. The number of ether oxygens (including phenoxy) is 2. The molecule has 0 radical (unpaired) electrons. The summed E-state index contributed by atoms with van der Waals surface area (Å²) in [5.41, 5.74) is 2.53. The third-order valence-corrected chi connectivity index (χ3v) is 4.27. The minimum atomic E-state index is -0.586. The van der Waals surface area contributed by atoms with Crippen molar-refractivity contribution in [1.29, 1.82) is 0 Å². The topological polar surface area (TPSA) is 97.0 Å². The highest BCUT2D eigenvalue weighted by Gasteiger charge is 2.19. The Morgan fingerprint density at radius 1 is 1.10 bits per heavy atom. The number of nitrogens with zero attached hydrogens (tertiary/aromatic N) is 6. The lowest BCUT2D eigenvalue weighted by Crippen LogP contribution is -2.27. The van der Waals surface area contributed by atoms with Gasteiger partial charge in [0.05, 0.1) is 19.5 Å². The van der Waals surface area contributed by atoms with Gasteiger partial charge in [-0.05, 0) is 50.6 Å². The summed E-state index contributed by atoms with van der Waals surface area (Å²) < 4.78 is 13.6. The minimum absolute atomic E-state index is 0.423. The number of hydrogen-bond acceptors (Lipinski definition) is 7. The molecular weight excluding hydrogens is 384 g/mol. The third-order valence-electron chi connectivity index (χ3n) is 4.27. The van der Waals surface area contributed by atoms with Gasteiger partial charge in [0, 0.05) is 18.3 Å². The van der Waals surface area contributed by atoms with Gasteiger partial charge in [0.1, 0.15) is 29.0 Å². The van der Waals surface area contributed by atoms with Gasteiger partial charge in [0.15, 0.2) is 5.65 Å². The Labute approximate surface area is 173 Å². The second kappa shape index (κ2) is 7.58. The number of aromatic nitrogens is 6. The van der Waals surface area contributed by atoms with Gasteiger partial charge in [-0.25, -0.2) is 19.7 Å². The van der Waals surface area contributed by atoms with Crippen molar-refractivity contribution in [3.63, 3.8) is 0 Å². The van der Waals surface area contributed by atoms with E-state index in [4.69, 9.17) is 9.47 Å². The zero-order chi connectivity index (χ0) is 21.3. The average Bonchev–Trinajstić information content (AvgIpc) is 3.34. The number of hydrogen-bond donors (Lipinski definition) is 0. The van der Waals surface area contributed by atoms with E-state index in [2.05, 4.69) is 20.1 Å². The lowest BCUT2D eigenvalue weighted by molar-refractivity contribution is 0.0514. The molecule has 3 heterocycles. The molecule has 0 aliphatic rings. The van der Waals surface area contributed by atoms with Crippen LogP contribution in [0, 0.1) is 0 Å². The summed E-state index contributed by atoms with van der Waals surface area (Å²) in [7, 11) is 1.63. The molecule has 4 rings (SSSR count). The molecule has 0 spiro atoms. The maximum atomic E-state index is 12.1. The Bertz CT molecular complexity index is 1190. The van der Waals surface area contributed by atoms with Crippen molar-refractivity contribution in [2.45, 2.75) is 32.8 Å². The molecule has 0 aliphatic heterocycles. The summed E-state index contributed by atoms with van der Waals surface area (Å²) >= 11 is 0. The van der Waals surface area contributed by atoms with Crippen LogP contribution in [0.1, 0.15) is 32.2 Å². The molecule has 4 aromatic rings. The zero-order valence-corrected chi connectivity index (χ0v) is 17.2. The van der Waals surface area contributed by atoms with E-state index in [0.29, 0.717) is 23.4 Å². The Balaban J connectivity index is 1.58.